The summed E-state index contributed by atoms with van der Waals surface area (Å²) >= 11 is 0. The smallest absolute Gasteiger partial charge is 0.509 e. The second-order valence-electron chi connectivity index (χ2n) is 2.33. The molecule has 1 N–H and O–H groups in total. The number of aromatic nitrogens is 2. The number of hydrogen-bond donors (Lipinski definition) is 1. The van der Waals surface area contributed by atoms with E-state index < -0.39 is 20.5 Å². The molecule has 0 bridgehead atoms. The van der Waals surface area contributed by atoms with Crippen molar-refractivity contribution in [3.63, 3.8) is 0 Å². The van der Waals surface area contributed by atoms with Gasteiger partial charge in [0.1, 0.15) is 12.4 Å². The van der Waals surface area contributed by atoms with Crippen molar-refractivity contribution < 1.29 is 43.1 Å². The van der Waals surface area contributed by atoms with E-state index in [1.54, 1.807) is 0 Å². The Bertz CT molecular complexity index is 411. The van der Waals surface area contributed by atoms with Gasteiger partial charge < -0.3 is 17.0 Å². The second-order valence-corrected chi connectivity index (χ2v) is 4.18. The van der Waals surface area contributed by atoms with E-state index in [9.17, 15) is 21.6 Å². The zero-order valence-corrected chi connectivity index (χ0v) is 9.24. The predicted octanol–water partition coefficient (Wildman–Crippen LogP) is -2.86. The minimum atomic E-state index is -5.27. The zero-order valence-electron chi connectivity index (χ0n) is 6.84. The normalized spacial score (nSPS) is 12.3. The first-order valence-electron chi connectivity index (χ1n) is 3.11. The third-order valence-electron chi connectivity index (χ3n) is 1.38. The van der Waals surface area contributed by atoms with E-state index in [0.717, 1.165) is 10.8 Å². The van der Waals surface area contributed by atoms with Crippen LogP contribution in [0, 0.1) is 0 Å². The molecule has 1 aromatic heterocycles. The van der Waals surface area contributed by atoms with Gasteiger partial charge in [0.15, 0.2) is 0 Å². The van der Waals surface area contributed by atoms with Gasteiger partial charge in [-0.3, -0.25) is 0 Å². The summed E-state index contributed by atoms with van der Waals surface area (Å²) in [5.74, 6) is 0. The van der Waals surface area contributed by atoms with Gasteiger partial charge in [-0.05, 0) is 0 Å². The molecule has 4 nitrogen and oxygen atoms in total. The summed E-state index contributed by atoms with van der Waals surface area (Å²) in [5, 5.41) is -0.875. The van der Waals surface area contributed by atoms with Crippen molar-refractivity contribution in [2.75, 3.05) is 0 Å². The number of sulfone groups is 1. The molecule has 0 aromatic carbocycles. The SMILES string of the molecule is C[n+]1cc[nH]c1S(=O)(=O)C(F)(F)F.[Br-]. The van der Waals surface area contributed by atoms with Crippen LogP contribution in [0.25, 0.3) is 0 Å². The molecule has 0 fully saturated rings. The predicted molar refractivity (Wildman–Crippen MR) is 35.2 cm³/mol. The lowest BCUT2D eigenvalue weighted by atomic mass is 10.9. The molecule has 1 heterocycles. The van der Waals surface area contributed by atoms with Crippen molar-refractivity contribution in [1.82, 2.24) is 4.98 Å². The highest BCUT2D eigenvalue weighted by Crippen LogP contribution is 2.27. The Balaban J connectivity index is 0.00000169. The average molecular weight is 295 g/mol. The van der Waals surface area contributed by atoms with Gasteiger partial charge in [-0.25, -0.2) is 18.0 Å². The molecule has 0 amide bonds. The van der Waals surface area contributed by atoms with Crippen LogP contribution < -0.4 is 21.5 Å². The highest BCUT2D eigenvalue weighted by molar-refractivity contribution is 7.92. The maximum absolute atomic E-state index is 12.0. The fourth-order valence-electron chi connectivity index (χ4n) is 0.767. The third kappa shape index (κ3) is 2.08. The zero-order chi connectivity index (χ0) is 10.3. The second kappa shape index (κ2) is 3.89. The minimum Gasteiger partial charge on any atom is -1.00 e. The minimum absolute atomic E-state index is 0. The van der Waals surface area contributed by atoms with Crippen molar-refractivity contribution in [2.45, 2.75) is 10.7 Å². The summed E-state index contributed by atoms with van der Waals surface area (Å²) in [7, 11) is -4.05. The highest BCUT2D eigenvalue weighted by Gasteiger charge is 2.52. The molecule has 0 aliphatic rings. The molecular weight excluding hydrogens is 289 g/mol. The lowest BCUT2D eigenvalue weighted by Gasteiger charge is -2.02. The molecule has 0 atom stereocenters. The van der Waals surface area contributed by atoms with Crippen molar-refractivity contribution in [3.05, 3.63) is 12.4 Å². The number of nitrogens with one attached hydrogen (secondary N) is 1. The van der Waals surface area contributed by atoms with Crippen molar-refractivity contribution in [2.24, 2.45) is 7.05 Å². The number of hydrogen-bond acceptors (Lipinski definition) is 2. The Morgan fingerprint density at radius 3 is 2.21 bits per heavy atom. The Morgan fingerprint density at radius 1 is 1.43 bits per heavy atom. The quantitative estimate of drug-likeness (QED) is 0.567. The van der Waals surface area contributed by atoms with Crippen LogP contribution in [0.3, 0.4) is 0 Å². The molecule has 1 rings (SSSR count). The van der Waals surface area contributed by atoms with Crippen LogP contribution in [-0.2, 0) is 16.9 Å². The number of H-pyrrole nitrogens is 1. The van der Waals surface area contributed by atoms with Crippen molar-refractivity contribution in [3.8, 4) is 0 Å². The number of nitrogens with zero attached hydrogens (tertiary/aromatic N) is 1. The Hall–Kier alpha value is -0.570. The van der Waals surface area contributed by atoms with Gasteiger partial charge >= 0.3 is 20.5 Å². The largest absolute Gasteiger partial charge is 1.00 e. The standard InChI is InChI=1S/C5H5F3N2O2S.BrH/c1-10-3-2-9-4(10)13(11,12)5(6,7)8;/h2-3H,1H3;1H. The van der Waals surface area contributed by atoms with Crippen LogP contribution >= 0.6 is 0 Å². The molecule has 9 heteroatoms. The van der Waals surface area contributed by atoms with E-state index in [1.807, 2.05) is 4.98 Å². The average Bonchev–Trinajstić information content (AvgIpc) is 2.32. The number of halogens is 4. The van der Waals surface area contributed by atoms with Crippen LogP contribution in [0.15, 0.2) is 17.6 Å². The van der Waals surface area contributed by atoms with E-state index in [-0.39, 0.29) is 17.0 Å². The van der Waals surface area contributed by atoms with E-state index >= 15 is 0 Å². The number of aryl methyl sites for hydroxylation is 1. The molecule has 14 heavy (non-hydrogen) atoms. The maximum Gasteiger partial charge on any atom is 0.509 e. The Labute approximate surface area is 88.4 Å². The number of imidazole rings is 1. The van der Waals surface area contributed by atoms with Gasteiger partial charge in [0, 0.05) is 0 Å². The summed E-state index contributed by atoms with van der Waals surface area (Å²) in [6.45, 7) is 0. The summed E-state index contributed by atoms with van der Waals surface area (Å²) in [6, 6.07) is 0. The Morgan fingerprint density at radius 2 is 1.93 bits per heavy atom. The molecule has 82 valence electrons. The lowest BCUT2D eigenvalue weighted by Crippen LogP contribution is -3.00. The summed E-state index contributed by atoms with van der Waals surface area (Å²) in [5.41, 5.74) is -5.27. The van der Waals surface area contributed by atoms with Gasteiger partial charge in [-0.15, -0.1) is 0 Å². The monoisotopic (exact) mass is 294 g/mol. The third-order valence-corrected chi connectivity index (χ3v) is 2.91. The maximum atomic E-state index is 12.0. The first-order valence-corrected chi connectivity index (χ1v) is 4.59. The molecule has 0 aliphatic carbocycles. The van der Waals surface area contributed by atoms with E-state index in [2.05, 4.69) is 0 Å². The van der Waals surface area contributed by atoms with E-state index in [1.165, 1.54) is 13.2 Å². The fourth-order valence-corrected chi connectivity index (χ4v) is 1.65. The van der Waals surface area contributed by atoms with Gasteiger partial charge in [0.05, 0.1) is 7.05 Å². The molecule has 0 unspecified atom stereocenters. The molecule has 0 saturated heterocycles. The first-order chi connectivity index (χ1) is 5.77. The number of rotatable bonds is 1. The molecule has 0 radical (unpaired) electrons. The van der Waals surface area contributed by atoms with Gasteiger partial charge in [-0.1, -0.05) is 0 Å². The molecule has 0 spiro atoms. The highest BCUT2D eigenvalue weighted by atomic mass is 79.9. The van der Waals surface area contributed by atoms with Gasteiger partial charge in [-0.2, -0.15) is 13.2 Å². The van der Waals surface area contributed by atoms with Gasteiger partial charge in [0.2, 0.25) is 0 Å². The molecule has 0 aliphatic heterocycles. The summed E-state index contributed by atoms with van der Waals surface area (Å²) < 4.78 is 58.2. The van der Waals surface area contributed by atoms with Crippen LogP contribution in [-0.4, -0.2) is 18.9 Å². The van der Waals surface area contributed by atoms with Crippen LogP contribution in [0.4, 0.5) is 13.2 Å². The van der Waals surface area contributed by atoms with Crippen molar-refractivity contribution in [1.29, 1.82) is 0 Å². The summed E-state index contributed by atoms with van der Waals surface area (Å²) in [6.07, 6.45) is 2.29. The molecular formula is C5H6BrF3N2O2S. The van der Waals surface area contributed by atoms with Crippen LogP contribution in [0.1, 0.15) is 0 Å². The Kier molecular flexibility index (Phi) is 3.73. The summed E-state index contributed by atoms with van der Waals surface area (Å²) in [4.78, 5) is 2.01. The number of aromatic amines is 1. The first kappa shape index (κ1) is 13.4. The fraction of sp³-hybridized carbons (Fsp3) is 0.400. The van der Waals surface area contributed by atoms with Crippen LogP contribution in [0.5, 0.6) is 0 Å². The van der Waals surface area contributed by atoms with Crippen LogP contribution in [0.2, 0.25) is 0 Å². The van der Waals surface area contributed by atoms with E-state index in [0.29, 0.717) is 0 Å². The lowest BCUT2D eigenvalue weighted by molar-refractivity contribution is -0.709. The van der Waals surface area contributed by atoms with Crippen molar-refractivity contribution >= 4 is 9.84 Å². The topological polar surface area (TPSA) is 53.8 Å². The molecule has 1 aromatic rings. The number of alkyl halides is 3. The molecule has 0 saturated carbocycles. The van der Waals surface area contributed by atoms with E-state index in [4.69, 9.17) is 0 Å². The van der Waals surface area contributed by atoms with Gasteiger partial charge in [0.25, 0.3) is 0 Å².